The summed E-state index contributed by atoms with van der Waals surface area (Å²) in [5.41, 5.74) is 3.55. The van der Waals surface area contributed by atoms with Gasteiger partial charge in [-0.15, -0.1) is 5.10 Å². The quantitative estimate of drug-likeness (QED) is 0.632. The van der Waals surface area contributed by atoms with Crippen LogP contribution < -0.4 is 4.74 Å². The maximum Gasteiger partial charge on any atom is 0.276 e. The van der Waals surface area contributed by atoms with Crippen molar-refractivity contribution in [2.45, 2.75) is 20.3 Å². The molecule has 8 heteroatoms. The summed E-state index contributed by atoms with van der Waals surface area (Å²) in [5, 5.41) is 8.35. The first-order valence-corrected chi connectivity index (χ1v) is 10.7. The molecule has 0 radical (unpaired) electrons. The van der Waals surface area contributed by atoms with E-state index in [0.717, 1.165) is 23.4 Å². The Morgan fingerprint density at radius 2 is 1.59 bits per heavy atom. The predicted molar refractivity (Wildman–Crippen MR) is 120 cm³/mol. The molecular weight excluding hydrogens is 406 g/mol. The molecule has 1 aromatic heterocycles. The average molecular weight is 434 g/mol. The number of hydrogen-bond acceptors (Lipinski definition) is 5. The number of aryl methyl sites for hydroxylation is 1. The van der Waals surface area contributed by atoms with Crippen LogP contribution >= 0.6 is 0 Å². The Hall–Kier alpha value is -3.68. The Balaban J connectivity index is 1.46. The molecule has 2 aromatic carbocycles. The van der Waals surface area contributed by atoms with Crippen LogP contribution in [-0.2, 0) is 0 Å². The van der Waals surface area contributed by atoms with E-state index in [2.05, 4.69) is 10.3 Å². The Kier molecular flexibility index (Phi) is 6.20. The summed E-state index contributed by atoms with van der Waals surface area (Å²) in [4.78, 5) is 29.7. The Morgan fingerprint density at radius 1 is 0.906 bits per heavy atom. The zero-order valence-corrected chi connectivity index (χ0v) is 18.6. The van der Waals surface area contributed by atoms with E-state index in [4.69, 9.17) is 4.74 Å². The first kappa shape index (κ1) is 21.5. The van der Waals surface area contributed by atoms with Gasteiger partial charge in [0.05, 0.1) is 18.5 Å². The molecule has 0 spiro atoms. The first-order valence-electron chi connectivity index (χ1n) is 10.7. The zero-order chi connectivity index (χ0) is 22.7. The topological polar surface area (TPSA) is 80.6 Å². The van der Waals surface area contributed by atoms with Crippen molar-refractivity contribution in [3.8, 4) is 11.4 Å². The smallest absolute Gasteiger partial charge is 0.276 e. The molecular formula is C24H27N5O3. The van der Waals surface area contributed by atoms with Crippen LogP contribution in [0.1, 0.15) is 38.5 Å². The second-order valence-electron chi connectivity index (χ2n) is 7.94. The second kappa shape index (κ2) is 9.21. The van der Waals surface area contributed by atoms with Gasteiger partial charge in [0.1, 0.15) is 5.75 Å². The molecule has 1 aliphatic heterocycles. The van der Waals surface area contributed by atoms with Crippen molar-refractivity contribution in [2.24, 2.45) is 0 Å². The standard InChI is InChI=1S/C24H27N5O3/c1-17-6-4-7-19(16-17)23(30)27-12-5-13-28(15-14-27)24(31)22-18(2)29(26-25-22)20-8-10-21(32-3)11-9-20/h4,6-11,16H,5,12-15H2,1-3H3. The van der Waals surface area contributed by atoms with Crippen molar-refractivity contribution in [3.63, 3.8) is 0 Å². The lowest BCUT2D eigenvalue weighted by atomic mass is 10.1. The highest BCUT2D eigenvalue weighted by molar-refractivity contribution is 5.95. The summed E-state index contributed by atoms with van der Waals surface area (Å²) >= 11 is 0. The highest BCUT2D eigenvalue weighted by Gasteiger charge is 2.27. The van der Waals surface area contributed by atoms with Gasteiger partial charge in [0, 0.05) is 31.7 Å². The number of nitrogens with zero attached hydrogens (tertiary/aromatic N) is 5. The first-order chi connectivity index (χ1) is 15.5. The van der Waals surface area contributed by atoms with E-state index in [9.17, 15) is 9.59 Å². The van der Waals surface area contributed by atoms with Crippen LogP contribution in [0.2, 0.25) is 0 Å². The zero-order valence-electron chi connectivity index (χ0n) is 18.6. The highest BCUT2D eigenvalue weighted by atomic mass is 16.5. The van der Waals surface area contributed by atoms with Gasteiger partial charge in [-0.25, -0.2) is 4.68 Å². The van der Waals surface area contributed by atoms with E-state index in [1.165, 1.54) is 0 Å². The number of ether oxygens (including phenoxy) is 1. The van der Waals surface area contributed by atoms with Crippen LogP contribution in [0.3, 0.4) is 0 Å². The van der Waals surface area contributed by atoms with E-state index in [-0.39, 0.29) is 11.8 Å². The number of methoxy groups -OCH3 is 1. The lowest BCUT2D eigenvalue weighted by Gasteiger charge is -2.22. The summed E-state index contributed by atoms with van der Waals surface area (Å²) in [7, 11) is 1.61. The molecule has 0 saturated carbocycles. The van der Waals surface area contributed by atoms with E-state index >= 15 is 0 Å². The lowest BCUT2D eigenvalue weighted by molar-refractivity contribution is 0.0715. The van der Waals surface area contributed by atoms with Crippen LogP contribution in [-0.4, -0.2) is 69.9 Å². The molecule has 1 saturated heterocycles. The molecule has 0 N–H and O–H groups in total. The van der Waals surface area contributed by atoms with E-state index < -0.39 is 0 Å². The normalized spacial score (nSPS) is 14.2. The van der Waals surface area contributed by atoms with Gasteiger partial charge in [0.2, 0.25) is 0 Å². The number of rotatable bonds is 4. The molecule has 32 heavy (non-hydrogen) atoms. The fourth-order valence-electron chi connectivity index (χ4n) is 3.93. The van der Waals surface area contributed by atoms with E-state index in [0.29, 0.717) is 43.1 Å². The van der Waals surface area contributed by atoms with E-state index in [1.807, 2.05) is 67.3 Å². The number of carbonyl (C=O) groups excluding carboxylic acids is 2. The molecule has 8 nitrogen and oxygen atoms in total. The third kappa shape index (κ3) is 4.34. The molecule has 2 heterocycles. The molecule has 166 valence electrons. The summed E-state index contributed by atoms with van der Waals surface area (Å²) in [5.74, 6) is 0.592. The van der Waals surface area contributed by atoms with Crippen LogP contribution in [0, 0.1) is 13.8 Å². The fraction of sp³-hybridized carbons (Fsp3) is 0.333. The van der Waals surface area contributed by atoms with Gasteiger partial charge in [0.15, 0.2) is 5.69 Å². The summed E-state index contributed by atoms with van der Waals surface area (Å²) in [6.45, 7) is 5.96. The maximum absolute atomic E-state index is 13.2. The Morgan fingerprint density at radius 3 is 2.25 bits per heavy atom. The number of carbonyl (C=O) groups is 2. The summed E-state index contributed by atoms with van der Waals surface area (Å²) in [6.07, 6.45) is 0.717. The second-order valence-corrected chi connectivity index (χ2v) is 7.94. The van der Waals surface area contributed by atoms with Crippen molar-refractivity contribution in [3.05, 3.63) is 71.0 Å². The monoisotopic (exact) mass is 433 g/mol. The third-order valence-electron chi connectivity index (χ3n) is 5.75. The Labute approximate surface area is 187 Å². The molecule has 1 aliphatic rings. The molecule has 2 amide bonds. The molecule has 3 aromatic rings. The molecule has 0 unspecified atom stereocenters. The number of aromatic nitrogens is 3. The molecule has 0 atom stereocenters. The third-order valence-corrected chi connectivity index (χ3v) is 5.75. The van der Waals surface area contributed by atoms with Gasteiger partial charge in [-0.3, -0.25) is 9.59 Å². The van der Waals surface area contributed by atoms with Crippen molar-refractivity contribution in [1.29, 1.82) is 0 Å². The number of benzene rings is 2. The average Bonchev–Trinajstić information content (AvgIpc) is 3.03. The number of hydrogen-bond donors (Lipinski definition) is 0. The van der Waals surface area contributed by atoms with Crippen LogP contribution in [0.25, 0.3) is 5.69 Å². The lowest BCUT2D eigenvalue weighted by Crippen LogP contribution is -2.37. The summed E-state index contributed by atoms with van der Waals surface area (Å²) in [6, 6.07) is 15.0. The van der Waals surface area contributed by atoms with Crippen LogP contribution in [0.5, 0.6) is 5.75 Å². The van der Waals surface area contributed by atoms with Gasteiger partial charge >= 0.3 is 0 Å². The van der Waals surface area contributed by atoms with Crippen molar-refractivity contribution >= 4 is 11.8 Å². The van der Waals surface area contributed by atoms with Crippen molar-refractivity contribution in [2.75, 3.05) is 33.3 Å². The van der Waals surface area contributed by atoms with Crippen molar-refractivity contribution in [1.82, 2.24) is 24.8 Å². The van der Waals surface area contributed by atoms with Gasteiger partial charge < -0.3 is 14.5 Å². The minimum atomic E-state index is -0.160. The highest BCUT2D eigenvalue weighted by Crippen LogP contribution is 2.18. The number of amides is 2. The van der Waals surface area contributed by atoms with Gasteiger partial charge in [-0.2, -0.15) is 0 Å². The van der Waals surface area contributed by atoms with Gasteiger partial charge in [-0.05, 0) is 56.7 Å². The van der Waals surface area contributed by atoms with Gasteiger partial charge in [-0.1, -0.05) is 22.9 Å². The molecule has 0 bridgehead atoms. The molecule has 4 rings (SSSR count). The Bertz CT molecular complexity index is 1120. The predicted octanol–water partition coefficient (Wildman–Crippen LogP) is 2.88. The van der Waals surface area contributed by atoms with E-state index in [1.54, 1.807) is 16.7 Å². The van der Waals surface area contributed by atoms with Crippen LogP contribution in [0.4, 0.5) is 0 Å². The minimum absolute atomic E-state index is 0.00429. The van der Waals surface area contributed by atoms with Gasteiger partial charge in [0.25, 0.3) is 11.8 Å². The molecule has 0 aliphatic carbocycles. The van der Waals surface area contributed by atoms with Crippen molar-refractivity contribution < 1.29 is 14.3 Å². The molecule has 1 fully saturated rings. The fourth-order valence-corrected chi connectivity index (χ4v) is 3.93. The SMILES string of the molecule is COc1ccc(-n2nnc(C(=O)N3CCCN(C(=O)c4cccc(C)c4)CC3)c2C)cc1. The minimum Gasteiger partial charge on any atom is -0.497 e. The summed E-state index contributed by atoms with van der Waals surface area (Å²) < 4.78 is 6.85. The maximum atomic E-state index is 13.2. The van der Waals surface area contributed by atoms with Crippen LogP contribution in [0.15, 0.2) is 48.5 Å². The largest absolute Gasteiger partial charge is 0.497 e.